The van der Waals surface area contributed by atoms with Crippen molar-refractivity contribution < 1.29 is 0 Å². The molecule has 108 valence electrons. The second-order valence-corrected chi connectivity index (χ2v) is 7.84. The molecule has 1 aromatic rings. The fourth-order valence-corrected chi connectivity index (χ4v) is 2.93. The van der Waals surface area contributed by atoms with Crippen molar-refractivity contribution in [1.82, 2.24) is 5.32 Å². The van der Waals surface area contributed by atoms with Crippen molar-refractivity contribution in [3.05, 3.63) is 34.4 Å². The lowest BCUT2D eigenvalue weighted by Gasteiger charge is -2.33. The lowest BCUT2D eigenvalue weighted by Crippen LogP contribution is -2.42. The van der Waals surface area contributed by atoms with E-state index in [1.807, 2.05) is 0 Å². The van der Waals surface area contributed by atoms with Gasteiger partial charge < -0.3 is 5.32 Å². The van der Waals surface area contributed by atoms with Crippen LogP contribution in [0.3, 0.4) is 0 Å². The molecule has 0 unspecified atom stereocenters. The summed E-state index contributed by atoms with van der Waals surface area (Å²) < 4.78 is 0. The SMILES string of the molecule is Cc1cc(C)c(CNC(C)(C)CC(C)(C)C)cc1C. The van der Waals surface area contributed by atoms with Crippen LogP contribution in [0.4, 0.5) is 0 Å². The third-order valence-electron chi connectivity index (χ3n) is 3.68. The molecule has 0 saturated carbocycles. The van der Waals surface area contributed by atoms with Crippen LogP contribution in [-0.4, -0.2) is 5.54 Å². The van der Waals surface area contributed by atoms with Crippen LogP contribution in [0, 0.1) is 26.2 Å². The largest absolute Gasteiger partial charge is 0.308 e. The van der Waals surface area contributed by atoms with Gasteiger partial charge in [-0.25, -0.2) is 0 Å². The van der Waals surface area contributed by atoms with E-state index in [1.54, 1.807) is 0 Å². The van der Waals surface area contributed by atoms with Gasteiger partial charge in [-0.1, -0.05) is 32.9 Å². The fourth-order valence-electron chi connectivity index (χ4n) is 2.93. The summed E-state index contributed by atoms with van der Waals surface area (Å²) in [6, 6.07) is 4.62. The van der Waals surface area contributed by atoms with E-state index in [2.05, 4.69) is 72.8 Å². The van der Waals surface area contributed by atoms with E-state index in [9.17, 15) is 0 Å². The smallest absolute Gasteiger partial charge is 0.0213 e. The Kier molecular flexibility index (Phi) is 4.84. The van der Waals surface area contributed by atoms with E-state index in [0.29, 0.717) is 5.41 Å². The van der Waals surface area contributed by atoms with Gasteiger partial charge in [0.25, 0.3) is 0 Å². The molecule has 0 fully saturated rings. The van der Waals surface area contributed by atoms with Gasteiger partial charge in [0, 0.05) is 12.1 Å². The number of rotatable bonds is 4. The summed E-state index contributed by atoms with van der Waals surface area (Å²) in [5, 5.41) is 3.72. The lowest BCUT2D eigenvalue weighted by atomic mass is 9.81. The average Bonchev–Trinajstić information content (AvgIpc) is 2.18. The van der Waals surface area contributed by atoms with Gasteiger partial charge in [0.1, 0.15) is 0 Å². The zero-order chi connectivity index (χ0) is 14.8. The topological polar surface area (TPSA) is 12.0 Å². The van der Waals surface area contributed by atoms with Crippen molar-refractivity contribution in [2.75, 3.05) is 0 Å². The maximum Gasteiger partial charge on any atom is 0.0213 e. The quantitative estimate of drug-likeness (QED) is 0.811. The molecule has 19 heavy (non-hydrogen) atoms. The van der Waals surface area contributed by atoms with Gasteiger partial charge in [-0.3, -0.25) is 0 Å². The fraction of sp³-hybridized carbons (Fsp3) is 0.667. The van der Waals surface area contributed by atoms with E-state index in [-0.39, 0.29) is 5.54 Å². The van der Waals surface area contributed by atoms with Crippen molar-refractivity contribution >= 4 is 0 Å². The normalized spacial score (nSPS) is 12.8. The maximum absolute atomic E-state index is 3.72. The first-order valence-corrected chi connectivity index (χ1v) is 7.32. The number of benzene rings is 1. The third-order valence-corrected chi connectivity index (χ3v) is 3.68. The van der Waals surface area contributed by atoms with E-state index in [1.165, 1.54) is 28.7 Å². The summed E-state index contributed by atoms with van der Waals surface area (Å²) in [6.45, 7) is 19.0. The number of aryl methyl sites for hydroxylation is 3. The number of hydrogen-bond donors (Lipinski definition) is 1. The zero-order valence-corrected chi connectivity index (χ0v) is 14.1. The van der Waals surface area contributed by atoms with E-state index < -0.39 is 0 Å². The molecule has 1 N–H and O–H groups in total. The molecule has 0 radical (unpaired) electrons. The summed E-state index contributed by atoms with van der Waals surface area (Å²) in [5.74, 6) is 0. The van der Waals surface area contributed by atoms with Gasteiger partial charge in [0.05, 0.1) is 0 Å². The minimum Gasteiger partial charge on any atom is -0.308 e. The van der Waals surface area contributed by atoms with Crippen LogP contribution in [0.2, 0.25) is 0 Å². The Labute approximate surface area is 119 Å². The molecule has 0 aromatic heterocycles. The van der Waals surface area contributed by atoms with Gasteiger partial charge in [-0.2, -0.15) is 0 Å². The second kappa shape index (κ2) is 5.66. The highest BCUT2D eigenvalue weighted by Crippen LogP contribution is 2.27. The average molecular weight is 261 g/mol. The first kappa shape index (κ1) is 16.2. The number of nitrogens with one attached hydrogen (secondary N) is 1. The van der Waals surface area contributed by atoms with Gasteiger partial charge in [-0.05, 0) is 68.7 Å². The molecule has 0 heterocycles. The van der Waals surface area contributed by atoms with Crippen LogP contribution < -0.4 is 5.32 Å². The summed E-state index contributed by atoms with van der Waals surface area (Å²) in [5.41, 5.74) is 6.11. The van der Waals surface area contributed by atoms with E-state index in [0.717, 1.165) is 6.54 Å². The minimum atomic E-state index is 0.170. The zero-order valence-electron chi connectivity index (χ0n) is 14.1. The molecule has 0 aliphatic rings. The van der Waals surface area contributed by atoms with Crippen LogP contribution in [-0.2, 0) is 6.54 Å². The molecular formula is C18H31N. The van der Waals surface area contributed by atoms with Gasteiger partial charge >= 0.3 is 0 Å². The first-order valence-electron chi connectivity index (χ1n) is 7.32. The predicted octanol–water partition coefficient (Wildman–Crippen LogP) is 4.92. The highest BCUT2D eigenvalue weighted by Gasteiger charge is 2.24. The molecule has 1 nitrogen and oxygen atoms in total. The molecule has 1 heteroatoms. The Morgan fingerprint density at radius 2 is 1.37 bits per heavy atom. The second-order valence-electron chi connectivity index (χ2n) is 7.84. The molecule has 1 aromatic carbocycles. The highest BCUT2D eigenvalue weighted by atomic mass is 15.0. The molecule has 1 rings (SSSR count). The van der Waals surface area contributed by atoms with Gasteiger partial charge in [-0.15, -0.1) is 0 Å². The monoisotopic (exact) mass is 261 g/mol. The first-order chi connectivity index (χ1) is 8.50. The Bertz CT molecular complexity index is 436. The van der Waals surface area contributed by atoms with Crippen LogP contribution in [0.1, 0.15) is 63.3 Å². The van der Waals surface area contributed by atoms with Crippen LogP contribution in [0.15, 0.2) is 12.1 Å². The molecule has 0 bridgehead atoms. The minimum absolute atomic E-state index is 0.170. The third kappa shape index (κ3) is 5.36. The summed E-state index contributed by atoms with van der Waals surface area (Å²) in [7, 11) is 0. The molecule has 0 saturated heterocycles. The Hall–Kier alpha value is -0.820. The van der Waals surface area contributed by atoms with Crippen molar-refractivity contribution in [1.29, 1.82) is 0 Å². The van der Waals surface area contributed by atoms with Gasteiger partial charge in [0.15, 0.2) is 0 Å². The highest BCUT2D eigenvalue weighted by molar-refractivity contribution is 5.36. The number of hydrogen-bond acceptors (Lipinski definition) is 1. The van der Waals surface area contributed by atoms with E-state index >= 15 is 0 Å². The Balaban J connectivity index is 2.74. The van der Waals surface area contributed by atoms with Crippen molar-refractivity contribution in [3.8, 4) is 0 Å². The molecule has 0 aliphatic carbocycles. The molecular weight excluding hydrogens is 230 g/mol. The summed E-state index contributed by atoms with van der Waals surface area (Å²) in [4.78, 5) is 0. The summed E-state index contributed by atoms with van der Waals surface area (Å²) in [6.07, 6.45) is 1.17. The molecule has 0 aliphatic heterocycles. The molecule has 0 spiro atoms. The van der Waals surface area contributed by atoms with Crippen molar-refractivity contribution in [3.63, 3.8) is 0 Å². The standard InChI is InChI=1S/C18H31N/c1-13-9-15(3)16(10-14(13)2)11-19-18(7,8)12-17(4,5)6/h9-10,19H,11-12H2,1-8H3. The lowest BCUT2D eigenvalue weighted by molar-refractivity contribution is 0.240. The van der Waals surface area contributed by atoms with Gasteiger partial charge in [0.2, 0.25) is 0 Å². The maximum atomic E-state index is 3.72. The summed E-state index contributed by atoms with van der Waals surface area (Å²) >= 11 is 0. The van der Waals surface area contributed by atoms with Crippen LogP contribution >= 0.6 is 0 Å². The molecule has 0 atom stereocenters. The van der Waals surface area contributed by atoms with E-state index in [4.69, 9.17) is 0 Å². The Morgan fingerprint density at radius 3 is 1.89 bits per heavy atom. The predicted molar refractivity (Wildman–Crippen MR) is 85.6 cm³/mol. The Morgan fingerprint density at radius 1 is 0.842 bits per heavy atom. The molecule has 0 amide bonds. The van der Waals surface area contributed by atoms with Crippen molar-refractivity contribution in [2.45, 2.75) is 73.9 Å². The van der Waals surface area contributed by atoms with Crippen LogP contribution in [0.25, 0.3) is 0 Å². The van der Waals surface area contributed by atoms with Crippen LogP contribution in [0.5, 0.6) is 0 Å². The van der Waals surface area contributed by atoms with Crippen molar-refractivity contribution in [2.24, 2.45) is 5.41 Å².